The minimum atomic E-state index is -0.602. The lowest BCUT2D eigenvalue weighted by Crippen LogP contribution is -2.46. The van der Waals surface area contributed by atoms with Gasteiger partial charge in [-0.1, -0.05) is 56.3 Å². The molecule has 0 aromatic heterocycles. The average Bonchev–Trinajstić information content (AvgIpc) is 2.85. The molecule has 36 heavy (non-hydrogen) atoms. The summed E-state index contributed by atoms with van der Waals surface area (Å²) < 4.78 is 5.71. The number of allylic oxidation sites excluding steroid dienone is 2. The van der Waals surface area contributed by atoms with E-state index in [2.05, 4.69) is 23.8 Å². The zero-order valence-corrected chi connectivity index (χ0v) is 22.1. The van der Waals surface area contributed by atoms with Crippen LogP contribution in [-0.4, -0.2) is 48.2 Å². The highest BCUT2D eigenvalue weighted by Crippen LogP contribution is 2.18. The Labute approximate surface area is 216 Å². The van der Waals surface area contributed by atoms with Crippen LogP contribution in [0, 0.1) is 17.8 Å². The van der Waals surface area contributed by atoms with Crippen molar-refractivity contribution in [3.63, 3.8) is 0 Å². The molecule has 3 N–H and O–H groups in total. The molecule has 7 heteroatoms. The number of hydrogen-bond acceptors (Lipinski definition) is 5. The van der Waals surface area contributed by atoms with Crippen LogP contribution in [0.1, 0.15) is 58.4 Å². The van der Waals surface area contributed by atoms with Crippen LogP contribution in [0.5, 0.6) is 0 Å². The van der Waals surface area contributed by atoms with Gasteiger partial charge in [-0.3, -0.25) is 14.4 Å². The molecule has 0 aliphatic carbocycles. The molecule has 0 radical (unpaired) electrons. The highest BCUT2D eigenvalue weighted by molar-refractivity contribution is 5.86. The van der Waals surface area contributed by atoms with Crippen molar-refractivity contribution >= 4 is 17.8 Å². The number of rotatable bonds is 18. The molecule has 2 amide bonds. The standard InChI is InChI=1S/C29H44N2O5/c1-6-8-10-16-25(17-23-14-11-9-12-15-23)29(35)36-20-26(21(3)4)31-28(34)24(13-7-2)18-27(33)30-22(5)19-32/h6-7,9,11-12,14-15,21-22,24-26,32H,1-2,8,10,13,16-20H2,3-5H3,(H,30,33)(H,31,34)/t22-,24+,25-,26-/m1/s1. The lowest BCUT2D eigenvalue weighted by molar-refractivity contribution is -0.150. The predicted octanol–water partition coefficient (Wildman–Crippen LogP) is 3.97. The highest BCUT2D eigenvalue weighted by Gasteiger charge is 2.27. The number of benzene rings is 1. The Bertz CT molecular complexity index is 824. The van der Waals surface area contributed by atoms with E-state index in [1.165, 1.54) is 0 Å². The second-order valence-electron chi connectivity index (χ2n) is 9.67. The molecular weight excluding hydrogens is 456 g/mol. The fourth-order valence-electron chi connectivity index (χ4n) is 3.79. The third kappa shape index (κ3) is 12.2. The molecule has 0 unspecified atom stereocenters. The summed E-state index contributed by atoms with van der Waals surface area (Å²) in [5.41, 5.74) is 1.08. The molecule has 1 aromatic carbocycles. The number of ether oxygens (including phenoxy) is 1. The predicted molar refractivity (Wildman–Crippen MR) is 143 cm³/mol. The summed E-state index contributed by atoms with van der Waals surface area (Å²) in [7, 11) is 0. The second-order valence-corrected chi connectivity index (χ2v) is 9.67. The first-order valence-corrected chi connectivity index (χ1v) is 12.8. The SMILES string of the molecule is C=CCCC[C@H](Cc1ccccc1)C(=O)OC[C@@H](NC(=O)[C@@H](CC=C)CC(=O)N[C@H](C)CO)C(C)C. The van der Waals surface area contributed by atoms with E-state index in [0.29, 0.717) is 19.3 Å². The number of carbonyl (C=O) groups is 3. The monoisotopic (exact) mass is 500 g/mol. The fraction of sp³-hybridized carbons (Fsp3) is 0.552. The zero-order chi connectivity index (χ0) is 26.9. The van der Waals surface area contributed by atoms with Gasteiger partial charge in [-0.25, -0.2) is 0 Å². The smallest absolute Gasteiger partial charge is 0.309 e. The van der Waals surface area contributed by atoms with Crippen LogP contribution >= 0.6 is 0 Å². The Hall–Kier alpha value is -2.93. The summed E-state index contributed by atoms with van der Waals surface area (Å²) in [4.78, 5) is 38.3. The molecule has 0 saturated carbocycles. The Balaban J connectivity index is 2.79. The first-order valence-electron chi connectivity index (χ1n) is 12.8. The van der Waals surface area contributed by atoms with Gasteiger partial charge < -0.3 is 20.5 Å². The summed E-state index contributed by atoms with van der Waals surface area (Å²) in [6.07, 6.45) is 6.74. The van der Waals surface area contributed by atoms with Gasteiger partial charge >= 0.3 is 5.97 Å². The van der Waals surface area contributed by atoms with Crippen molar-refractivity contribution in [1.82, 2.24) is 10.6 Å². The summed E-state index contributed by atoms with van der Waals surface area (Å²) in [6, 6.07) is 9.08. The number of unbranched alkanes of at least 4 members (excludes halogenated alkanes) is 1. The van der Waals surface area contributed by atoms with Crippen LogP contribution in [0.25, 0.3) is 0 Å². The zero-order valence-electron chi connectivity index (χ0n) is 22.1. The topological polar surface area (TPSA) is 105 Å². The Morgan fingerprint density at radius 2 is 1.72 bits per heavy atom. The molecule has 0 bridgehead atoms. The van der Waals surface area contributed by atoms with Crippen molar-refractivity contribution in [3.05, 3.63) is 61.2 Å². The van der Waals surface area contributed by atoms with E-state index < -0.39 is 12.0 Å². The van der Waals surface area contributed by atoms with E-state index in [9.17, 15) is 14.4 Å². The largest absolute Gasteiger partial charge is 0.463 e. The van der Waals surface area contributed by atoms with Crippen molar-refractivity contribution in [2.45, 2.75) is 71.4 Å². The lowest BCUT2D eigenvalue weighted by Gasteiger charge is -2.26. The van der Waals surface area contributed by atoms with E-state index in [-0.39, 0.29) is 55.3 Å². The first-order chi connectivity index (χ1) is 17.2. The van der Waals surface area contributed by atoms with Crippen molar-refractivity contribution in [2.24, 2.45) is 17.8 Å². The maximum Gasteiger partial charge on any atom is 0.309 e. The van der Waals surface area contributed by atoms with Crippen LogP contribution in [0.2, 0.25) is 0 Å². The third-order valence-corrected chi connectivity index (χ3v) is 6.09. The molecule has 0 heterocycles. The van der Waals surface area contributed by atoms with Gasteiger partial charge in [0, 0.05) is 12.5 Å². The fourth-order valence-corrected chi connectivity index (χ4v) is 3.79. The molecule has 0 fully saturated rings. The van der Waals surface area contributed by atoms with Crippen molar-refractivity contribution in [1.29, 1.82) is 0 Å². The molecule has 1 aromatic rings. The number of hydrogen-bond donors (Lipinski definition) is 3. The number of aliphatic hydroxyl groups excluding tert-OH is 1. The quantitative estimate of drug-likeness (QED) is 0.161. The van der Waals surface area contributed by atoms with E-state index >= 15 is 0 Å². The van der Waals surface area contributed by atoms with Crippen molar-refractivity contribution in [3.8, 4) is 0 Å². The summed E-state index contributed by atoms with van der Waals surface area (Å²) >= 11 is 0. The Kier molecular flexibility index (Phi) is 15.1. The van der Waals surface area contributed by atoms with Crippen LogP contribution in [0.4, 0.5) is 0 Å². The van der Waals surface area contributed by atoms with Gasteiger partial charge in [-0.2, -0.15) is 0 Å². The molecule has 0 aliphatic heterocycles. The molecule has 1 rings (SSSR count). The molecular formula is C29H44N2O5. The average molecular weight is 501 g/mol. The van der Waals surface area contributed by atoms with Crippen molar-refractivity contribution < 1.29 is 24.2 Å². The summed E-state index contributed by atoms with van der Waals surface area (Å²) in [5.74, 6) is -1.74. The Morgan fingerprint density at radius 3 is 2.31 bits per heavy atom. The van der Waals surface area contributed by atoms with E-state index in [1.54, 1.807) is 13.0 Å². The second kappa shape index (κ2) is 17.5. The molecule has 200 valence electrons. The maximum atomic E-state index is 13.0. The van der Waals surface area contributed by atoms with Crippen LogP contribution in [-0.2, 0) is 25.5 Å². The van der Waals surface area contributed by atoms with Gasteiger partial charge in [0.15, 0.2) is 0 Å². The van der Waals surface area contributed by atoms with Crippen molar-refractivity contribution in [2.75, 3.05) is 13.2 Å². The summed E-state index contributed by atoms with van der Waals surface area (Å²) in [5, 5.41) is 14.8. The van der Waals surface area contributed by atoms with E-state index in [0.717, 1.165) is 18.4 Å². The van der Waals surface area contributed by atoms with Gasteiger partial charge in [0.25, 0.3) is 0 Å². The van der Waals surface area contributed by atoms with E-state index in [1.807, 2.05) is 50.3 Å². The summed E-state index contributed by atoms with van der Waals surface area (Å²) in [6.45, 7) is 12.9. The number of nitrogens with one attached hydrogen (secondary N) is 2. The van der Waals surface area contributed by atoms with Crippen LogP contribution < -0.4 is 10.6 Å². The van der Waals surface area contributed by atoms with Gasteiger partial charge in [0.05, 0.1) is 24.5 Å². The van der Waals surface area contributed by atoms with Crippen LogP contribution in [0.15, 0.2) is 55.6 Å². The molecule has 7 nitrogen and oxygen atoms in total. The number of carbonyl (C=O) groups excluding carboxylic acids is 3. The van der Waals surface area contributed by atoms with Gasteiger partial charge in [0.1, 0.15) is 6.61 Å². The highest BCUT2D eigenvalue weighted by atomic mass is 16.5. The van der Waals surface area contributed by atoms with E-state index in [4.69, 9.17) is 9.84 Å². The first kappa shape index (κ1) is 31.1. The number of esters is 1. The van der Waals surface area contributed by atoms with Crippen LogP contribution in [0.3, 0.4) is 0 Å². The van der Waals surface area contributed by atoms with Gasteiger partial charge in [-0.15, -0.1) is 13.2 Å². The molecule has 0 aliphatic rings. The minimum Gasteiger partial charge on any atom is -0.463 e. The number of aliphatic hydroxyl groups is 1. The molecule has 4 atom stereocenters. The lowest BCUT2D eigenvalue weighted by atomic mass is 9.94. The normalized spacial score (nSPS) is 14.2. The number of amides is 2. The van der Waals surface area contributed by atoms with Gasteiger partial charge in [0.2, 0.25) is 11.8 Å². The maximum absolute atomic E-state index is 13.0. The van der Waals surface area contributed by atoms with Gasteiger partial charge in [-0.05, 0) is 50.5 Å². The Morgan fingerprint density at radius 1 is 1.03 bits per heavy atom. The molecule has 0 spiro atoms. The molecule has 0 saturated heterocycles. The minimum absolute atomic E-state index is 0.0164. The third-order valence-electron chi connectivity index (χ3n) is 6.09.